The van der Waals surface area contributed by atoms with Crippen LogP contribution in [0.3, 0.4) is 0 Å². The summed E-state index contributed by atoms with van der Waals surface area (Å²) in [6, 6.07) is 4.59. The number of amides is 1. The highest BCUT2D eigenvalue weighted by Crippen LogP contribution is 2.49. The number of alkyl halides is 2. The molecule has 28 heavy (non-hydrogen) atoms. The summed E-state index contributed by atoms with van der Waals surface area (Å²) in [5, 5.41) is 3.60. The Balaban J connectivity index is 1.71. The Morgan fingerprint density at radius 1 is 1.39 bits per heavy atom. The molecular formula is C20H21ClF3N3O. The average molecular weight is 412 g/mol. The standard InChI is InChI=1S/C20H21ClF3N3O/c1-20(7-8-20)14-6-3-12(22)9-11(14)10-27(13-4-5-13)19(28)15-16(18(23)24)25-26(2)17(15)21/h3,6,9,13,18H,4-5,7-8,10H2,1-2H3. The highest BCUT2D eigenvalue weighted by Gasteiger charge is 2.42. The molecule has 0 radical (unpaired) electrons. The number of benzene rings is 1. The van der Waals surface area contributed by atoms with Crippen LogP contribution >= 0.6 is 11.6 Å². The van der Waals surface area contributed by atoms with Crippen molar-refractivity contribution in [3.05, 3.63) is 51.6 Å². The van der Waals surface area contributed by atoms with Crippen molar-refractivity contribution in [3.8, 4) is 0 Å². The summed E-state index contributed by atoms with van der Waals surface area (Å²) in [6.07, 6.45) is 0.680. The van der Waals surface area contributed by atoms with E-state index in [-0.39, 0.29) is 34.5 Å². The predicted molar refractivity (Wildman–Crippen MR) is 99.1 cm³/mol. The highest BCUT2D eigenvalue weighted by molar-refractivity contribution is 6.33. The van der Waals surface area contributed by atoms with Gasteiger partial charge in [0, 0.05) is 19.6 Å². The van der Waals surface area contributed by atoms with Gasteiger partial charge in [0.25, 0.3) is 12.3 Å². The summed E-state index contributed by atoms with van der Waals surface area (Å²) in [6.45, 7) is 2.28. The number of rotatable bonds is 6. The van der Waals surface area contributed by atoms with Crippen LogP contribution in [0.2, 0.25) is 5.15 Å². The monoisotopic (exact) mass is 411 g/mol. The van der Waals surface area contributed by atoms with Gasteiger partial charge in [0.1, 0.15) is 22.2 Å². The van der Waals surface area contributed by atoms with E-state index in [9.17, 15) is 18.0 Å². The maximum atomic E-state index is 13.9. The second-order valence-electron chi connectivity index (χ2n) is 8.00. The van der Waals surface area contributed by atoms with Gasteiger partial charge in [-0.3, -0.25) is 9.48 Å². The highest BCUT2D eigenvalue weighted by atomic mass is 35.5. The first-order valence-corrected chi connectivity index (χ1v) is 9.69. The smallest absolute Gasteiger partial charge is 0.283 e. The van der Waals surface area contributed by atoms with Crippen molar-refractivity contribution < 1.29 is 18.0 Å². The van der Waals surface area contributed by atoms with Gasteiger partial charge in [0.05, 0.1) is 0 Å². The molecule has 2 aliphatic rings. The van der Waals surface area contributed by atoms with Crippen molar-refractivity contribution in [2.24, 2.45) is 7.05 Å². The lowest BCUT2D eigenvalue weighted by molar-refractivity contribution is 0.0717. The minimum Gasteiger partial charge on any atom is -0.331 e. The van der Waals surface area contributed by atoms with Crippen LogP contribution in [0.15, 0.2) is 18.2 Å². The summed E-state index contributed by atoms with van der Waals surface area (Å²) >= 11 is 6.12. The van der Waals surface area contributed by atoms with Crippen molar-refractivity contribution in [2.45, 2.75) is 57.0 Å². The molecule has 0 atom stereocenters. The van der Waals surface area contributed by atoms with E-state index >= 15 is 0 Å². The molecule has 2 fully saturated rings. The van der Waals surface area contributed by atoms with Gasteiger partial charge >= 0.3 is 0 Å². The minimum atomic E-state index is -2.91. The Kier molecular flexibility index (Phi) is 4.68. The third-order valence-electron chi connectivity index (χ3n) is 5.73. The first-order chi connectivity index (χ1) is 13.2. The molecule has 1 heterocycles. The third kappa shape index (κ3) is 3.41. The Morgan fingerprint density at radius 3 is 2.64 bits per heavy atom. The number of nitrogens with zero attached hydrogens (tertiary/aromatic N) is 3. The maximum Gasteiger partial charge on any atom is 0.283 e. The van der Waals surface area contributed by atoms with Crippen LogP contribution in [0, 0.1) is 5.82 Å². The number of aromatic nitrogens is 2. The first kappa shape index (κ1) is 19.3. The molecule has 0 spiro atoms. The van der Waals surface area contributed by atoms with Crippen molar-refractivity contribution in [1.29, 1.82) is 0 Å². The van der Waals surface area contributed by atoms with E-state index < -0.39 is 18.0 Å². The van der Waals surface area contributed by atoms with Gasteiger partial charge in [-0.1, -0.05) is 24.6 Å². The fraction of sp³-hybridized carbons (Fsp3) is 0.500. The molecule has 4 rings (SSSR count). The van der Waals surface area contributed by atoms with Crippen LogP contribution in [0.5, 0.6) is 0 Å². The van der Waals surface area contributed by atoms with Crippen molar-refractivity contribution >= 4 is 17.5 Å². The molecule has 8 heteroatoms. The normalized spacial score (nSPS) is 17.8. The number of carbonyl (C=O) groups is 1. The zero-order valence-corrected chi connectivity index (χ0v) is 16.4. The van der Waals surface area contributed by atoms with Crippen molar-refractivity contribution in [1.82, 2.24) is 14.7 Å². The summed E-state index contributed by atoms with van der Waals surface area (Å²) in [5.41, 5.74) is 0.845. The van der Waals surface area contributed by atoms with Crippen LogP contribution in [0.1, 0.15) is 66.2 Å². The molecule has 2 aromatic rings. The van der Waals surface area contributed by atoms with Crippen LogP contribution in [0.4, 0.5) is 13.2 Å². The minimum absolute atomic E-state index is 0.0125. The van der Waals surface area contributed by atoms with Gasteiger partial charge in [0.15, 0.2) is 0 Å². The summed E-state index contributed by atoms with van der Waals surface area (Å²) in [4.78, 5) is 14.8. The van der Waals surface area contributed by atoms with Crippen LogP contribution < -0.4 is 0 Å². The van der Waals surface area contributed by atoms with Crippen molar-refractivity contribution in [3.63, 3.8) is 0 Å². The second kappa shape index (κ2) is 6.79. The second-order valence-corrected chi connectivity index (χ2v) is 8.36. The van der Waals surface area contributed by atoms with Gasteiger partial charge in [-0.2, -0.15) is 5.10 Å². The summed E-state index contributed by atoms with van der Waals surface area (Å²) in [5.74, 6) is -0.953. The number of carbonyl (C=O) groups excluding carboxylic acids is 1. The molecule has 1 aromatic heterocycles. The zero-order valence-electron chi connectivity index (χ0n) is 15.7. The molecule has 0 N–H and O–H groups in total. The Bertz CT molecular complexity index is 935. The molecule has 0 saturated heterocycles. The lowest BCUT2D eigenvalue weighted by Gasteiger charge is -2.25. The van der Waals surface area contributed by atoms with E-state index in [1.807, 2.05) is 0 Å². The fourth-order valence-electron chi connectivity index (χ4n) is 3.69. The molecule has 0 bridgehead atoms. The quantitative estimate of drug-likeness (QED) is 0.670. The summed E-state index contributed by atoms with van der Waals surface area (Å²) in [7, 11) is 1.42. The topological polar surface area (TPSA) is 38.1 Å². The molecular weight excluding hydrogens is 391 g/mol. The van der Waals surface area contributed by atoms with E-state index in [1.54, 1.807) is 11.0 Å². The lowest BCUT2D eigenvalue weighted by Crippen LogP contribution is -2.34. The lowest BCUT2D eigenvalue weighted by atomic mass is 9.92. The Labute approximate surface area is 166 Å². The fourth-order valence-corrected chi connectivity index (χ4v) is 3.91. The SMILES string of the molecule is Cn1nc(C(F)F)c(C(=O)N(Cc2cc(F)ccc2C2(C)CC2)C2CC2)c1Cl. The molecule has 150 valence electrons. The molecule has 0 unspecified atom stereocenters. The van der Waals surface area contributed by atoms with Crippen LogP contribution in [0.25, 0.3) is 0 Å². The molecule has 1 amide bonds. The number of hydrogen-bond acceptors (Lipinski definition) is 2. The van der Waals surface area contributed by atoms with Gasteiger partial charge in [-0.05, 0) is 54.4 Å². The zero-order chi connectivity index (χ0) is 20.2. The van der Waals surface area contributed by atoms with Crippen molar-refractivity contribution in [2.75, 3.05) is 0 Å². The van der Waals surface area contributed by atoms with Crippen LogP contribution in [-0.2, 0) is 19.0 Å². The van der Waals surface area contributed by atoms with Gasteiger partial charge in [-0.25, -0.2) is 13.2 Å². The largest absolute Gasteiger partial charge is 0.331 e. The molecule has 2 saturated carbocycles. The first-order valence-electron chi connectivity index (χ1n) is 9.31. The van der Waals surface area contributed by atoms with Gasteiger partial charge in [0.2, 0.25) is 0 Å². The van der Waals surface area contributed by atoms with E-state index in [0.717, 1.165) is 41.5 Å². The molecule has 2 aliphatic carbocycles. The van der Waals surface area contributed by atoms with E-state index in [2.05, 4.69) is 12.0 Å². The van der Waals surface area contributed by atoms with E-state index in [1.165, 1.54) is 19.2 Å². The Hall–Kier alpha value is -2.02. The average Bonchev–Trinajstić information content (AvgIpc) is 3.55. The van der Waals surface area contributed by atoms with E-state index in [4.69, 9.17) is 11.6 Å². The van der Waals surface area contributed by atoms with Gasteiger partial charge < -0.3 is 4.90 Å². The number of hydrogen-bond donors (Lipinski definition) is 0. The van der Waals surface area contributed by atoms with Crippen LogP contribution in [-0.4, -0.2) is 26.6 Å². The Morgan fingerprint density at radius 2 is 2.07 bits per heavy atom. The third-order valence-corrected chi connectivity index (χ3v) is 6.17. The molecule has 1 aromatic carbocycles. The maximum absolute atomic E-state index is 13.9. The molecule has 0 aliphatic heterocycles. The molecule has 4 nitrogen and oxygen atoms in total. The van der Waals surface area contributed by atoms with E-state index in [0.29, 0.717) is 0 Å². The van der Waals surface area contributed by atoms with Gasteiger partial charge in [-0.15, -0.1) is 0 Å². The predicted octanol–water partition coefficient (Wildman–Crippen LogP) is 5.01. The summed E-state index contributed by atoms with van der Waals surface area (Å²) < 4.78 is 41.9. The number of aryl methyl sites for hydroxylation is 1. The number of halogens is 4.